The maximum absolute atomic E-state index is 13.9. The summed E-state index contributed by atoms with van der Waals surface area (Å²) >= 11 is 0. The van der Waals surface area contributed by atoms with Crippen LogP contribution < -0.4 is 4.90 Å². The fourth-order valence-electron chi connectivity index (χ4n) is 6.82. The molecule has 198 valence electrons. The highest BCUT2D eigenvalue weighted by Crippen LogP contribution is 2.54. The number of rotatable bonds is 2. The first kappa shape index (κ1) is 24.7. The van der Waals surface area contributed by atoms with Gasteiger partial charge < -0.3 is 4.42 Å². The third-order valence-electron chi connectivity index (χ3n) is 9.10. The molecule has 0 unspecified atom stereocenters. The molecule has 4 aromatic carbocycles. The Bertz CT molecular complexity index is 1880. The minimum absolute atomic E-state index is 0.0780. The average molecular weight is 524 g/mol. The minimum Gasteiger partial charge on any atom is -0.440 e. The molecule has 0 atom stereocenters. The zero-order valence-electron chi connectivity index (χ0n) is 23.9. The molecule has 0 radical (unpaired) electrons. The molecule has 0 bridgehead atoms. The van der Waals surface area contributed by atoms with Gasteiger partial charge in [-0.2, -0.15) is 0 Å². The second-order valence-corrected chi connectivity index (χ2v) is 12.3. The van der Waals surface area contributed by atoms with Crippen LogP contribution >= 0.6 is 0 Å². The van der Waals surface area contributed by atoms with Crippen LogP contribution in [-0.2, 0) is 10.8 Å². The normalized spacial score (nSPS) is 17.7. The third kappa shape index (κ3) is 3.33. The van der Waals surface area contributed by atoms with Gasteiger partial charge in [0.05, 0.1) is 11.4 Å². The first-order valence-electron chi connectivity index (χ1n) is 14.0. The molecule has 1 aromatic heterocycles. The molecule has 1 aliphatic heterocycles. The lowest BCUT2D eigenvalue weighted by Gasteiger charge is -2.39. The van der Waals surface area contributed by atoms with Crippen molar-refractivity contribution in [3.8, 4) is 0 Å². The summed E-state index contributed by atoms with van der Waals surface area (Å²) < 4.78 is 6.75. The minimum atomic E-state index is -0.436. The summed E-state index contributed by atoms with van der Waals surface area (Å²) in [6, 6.07) is 29.6. The van der Waals surface area contributed by atoms with E-state index in [9.17, 15) is 4.79 Å². The van der Waals surface area contributed by atoms with Crippen LogP contribution in [0.25, 0.3) is 16.8 Å². The fraction of sp³-hybridized carbons (Fsp3) is 0.216. The molecule has 3 heteroatoms. The van der Waals surface area contributed by atoms with E-state index >= 15 is 0 Å². The smallest absolute Gasteiger partial charge is 0.209 e. The summed E-state index contributed by atoms with van der Waals surface area (Å²) in [6.45, 7) is 13.1. The molecule has 40 heavy (non-hydrogen) atoms. The van der Waals surface area contributed by atoms with Crippen molar-refractivity contribution < 1.29 is 9.21 Å². The first-order chi connectivity index (χ1) is 19.1. The maximum Gasteiger partial charge on any atom is 0.209 e. The Hall–Kier alpha value is -4.37. The second kappa shape index (κ2) is 8.32. The number of ketones is 1. The van der Waals surface area contributed by atoms with E-state index in [1.165, 1.54) is 16.7 Å². The number of nitrogens with zero attached hydrogens (tertiary/aromatic N) is 1. The van der Waals surface area contributed by atoms with Crippen molar-refractivity contribution >= 4 is 39.9 Å². The first-order valence-corrected chi connectivity index (χ1v) is 14.0. The van der Waals surface area contributed by atoms with Gasteiger partial charge in [0, 0.05) is 27.5 Å². The van der Waals surface area contributed by atoms with E-state index in [4.69, 9.17) is 4.42 Å². The SMILES string of the molecule is Cc1cccc(C)c1N1c2ccccc2C(C)(C)c2cc(/C=C3\C(=O)c4cc5ccccc5cc4C3(C)C)oc21. The summed E-state index contributed by atoms with van der Waals surface area (Å²) in [4.78, 5) is 16.1. The summed E-state index contributed by atoms with van der Waals surface area (Å²) in [5.41, 5.74) is 8.92. The highest BCUT2D eigenvalue weighted by Gasteiger charge is 2.43. The monoisotopic (exact) mass is 523 g/mol. The molecular formula is C37H33NO2. The van der Waals surface area contributed by atoms with E-state index in [-0.39, 0.29) is 11.2 Å². The molecule has 0 saturated heterocycles. The van der Waals surface area contributed by atoms with Crippen molar-refractivity contribution in [2.24, 2.45) is 0 Å². The van der Waals surface area contributed by atoms with Crippen LogP contribution in [0.1, 0.15) is 71.6 Å². The Morgan fingerprint density at radius 2 is 1.35 bits per heavy atom. The van der Waals surface area contributed by atoms with Gasteiger partial charge in [-0.05, 0) is 77.2 Å². The Morgan fingerprint density at radius 3 is 2.08 bits per heavy atom. The largest absolute Gasteiger partial charge is 0.440 e. The van der Waals surface area contributed by atoms with Gasteiger partial charge >= 0.3 is 0 Å². The van der Waals surface area contributed by atoms with E-state index in [1.54, 1.807) is 0 Å². The number of Topliss-reactive ketones (excluding diaryl/α,β-unsaturated/α-hetero) is 1. The number of hydrogen-bond donors (Lipinski definition) is 0. The second-order valence-electron chi connectivity index (χ2n) is 12.3. The van der Waals surface area contributed by atoms with Crippen LogP contribution in [0, 0.1) is 13.8 Å². The van der Waals surface area contributed by atoms with Crippen molar-refractivity contribution in [2.45, 2.75) is 52.4 Å². The predicted octanol–water partition coefficient (Wildman–Crippen LogP) is 9.72. The molecule has 0 spiro atoms. The molecule has 0 saturated carbocycles. The van der Waals surface area contributed by atoms with Crippen LogP contribution in [0.15, 0.2) is 94.9 Å². The quantitative estimate of drug-likeness (QED) is 0.216. The standard InChI is InChI=1S/C37H33NO2/c1-22-12-11-13-23(2)33(22)38-32-17-10-9-16-28(32)36(3,4)31-21-26(40-35(31)38)20-30-34(39)27-18-24-14-7-8-15-25(24)19-29(27)37(30,5)6/h7-21H,1-6H3/b30-20+. The number of carbonyl (C=O) groups is 1. The molecule has 3 nitrogen and oxygen atoms in total. The zero-order chi connectivity index (χ0) is 28.0. The Labute approximate surface area is 235 Å². The van der Waals surface area contributed by atoms with E-state index < -0.39 is 5.41 Å². The lowest BCUT2D eigenvalue weighted by molar-refractivity contribution is 0.103. The summed E-state index contributed by atoms with van der Waals surface area (Å²) in [6.07, 6.45) is 1.98. The van der Waals surface area contributed by atoms with Gasteiger partial charge in [-0.25, -0.2) is 0 Å². The predicted molar refractivity (Wildman–Crippen MR) is 164 cm³/mol. The fourth-order valence-corrected chi connectivity index (χ4v) is 6.82. The molecule has 0 amide bonds. The van der Waals surface area contributed by atoms with E-state index in [1.807, 2.05) is 24.3 Å². The van der Waals surface area contributed by atoms with E-state index in [0.29, 0.717) is 5.76 Å². The topological polar surface area (TPSA) is 33.5 Å². The number of furan rings is 1. The molecule has 2 heterocycles. The van der Waals surface area contributed by atoms with Crippen molar-refractivity contribution in [3.05, 3.63) is 130 Å². The Kier molecular flexibility index (Phi) is 5.13. The summed E-state index contributed by atoms with van der Waals surface area (Å²) in [5.74, 6) is 1.60. The van der Waals surface area contributed by atoms with Gasteiger partial charge in [0.15, 0.2) is 5.78 Å². The Balaban J connectivity index is 1.42. The molecule has 5 aromatic rings. The molecule has 0 N–H and O–H groups in total. The number of benzene rings is 4. The Morgan fingerprint density at radius 1 is 0.700 bits per heavy atom. The maximum atomic E-state index is 13.9. The van der Waals surface area contributed by atoms with Crippen molar-refractivity contribution in [1.82, 2.24) is 0 Å². The van der Waals surface area contributed by atoms with E-state index in [2.05, 4.69) is 113 Å². The van der Waals surface area contributed by atoms with Crippen LogP contribution in [0.2, 0.25) is 0 Å². The van der Waals surface area contributed by atoms with Gasteiger partial charge in [0.25, 0.3) is 0 Å². The molecular weight excluding hydrogens is 490 g/mol. The van der Waals surface area contributed by atoms with Crippen molar-refractivity contribution in [2.75, 3.05) is 4.90 Å². The zero-order valence-corrected chi connectivity index (χ0v) is 23.9. The van der Waals surface area contributed by atoms with Gasteiger partial charge in [0.2, 0.25) is 5.88 Å². The molecule has 2 aliphatic rings. The van der Waals surface area contributed by atoms with Gasteiger partial charge in [-0.3, -0.25) is 9.69 Å². The number of fused-ring (bicyclic) bond motifs is 4. The van der Waals surface area contributed by atoms with Crippen LogP contribution in [0.4, 0.5) is 17.3 Å². The number of para-hydroxylation sites is 2. The number of allylic oxidation sites excluding steroid dienone is 1. The van der Waals surface area contributed by atoms with Crippen LogP contribution in [-0.4, -0.2) is 5.78 Å². The third-order valence-corrected chi connectivity index (χ3v) is 9.10. The van der Waals surface area contributed by atoms with E-state index in [0.717, 1.165) is 50.3 Å². The number of carbonyl (C=O) groups excluding carboxylic acids is 1. The number of hydrogen-bond acceptors (Lipinski definition) is 3. The lowest BCUT2D eigenvalue weighted by atomic mass is 9.75. The van der Waals surface area contributed by atoms with Gasteiger partial charge in [-0.1, -0.05) is 88.4 Å². The lowest BCUT2D eigenvalue weighted by Crippen LogP contribution is -2.30. The summed E-state index contributed by atoms with van der Waals surface area (Å²) in [7, 11) is 0. The number of anilines is 3. The molecule has 0 fully saturated rings. The van der Waals surface area contributed by atoms with Crippen molar-refractivity contribution in [1.29, 1.82) is 0 Å². The highest BCUT2D eigenvalue weighted by atomic mass is 16.4. The van der Waals surface area contributed by atoms with Crippen LogP contribution in [0.3, 0.4) is 0 Å². The van der Waals surface area contributed by atoms with Crippen molar-refractivity contribution in [3.63, 3.8) is 0 Å². The van der Waals surface area contributed by atoms with Gasteiger partial charge in [-0.15, -0.1) is 0 Å². The number of aryl methyl sites for hydroxylation is 2. The molecule has 1 aliphatic carbocycles. The highest BCUT2D eigenvalue weighted by molar-refractivity contribution is 6.19. The van der Waals surface area contributed by atoms with Gasteiger partial charge in [0.1, 0.15) is 5.76 Å². The molecule has 7 rings (SSSR count). The average Bonchev–Trinajstić information content (AvgIpc) is 3.43. The summed E-state index contributed by atoms with van der Waals surface area (Å²) in [5, 5.41) is 2.24. The van der Waals surface area contributed by atoms with Crippen LogP contribution in [0.5, 0.6) is 0 Å².